The monoisotopic (exact) mass is 405 g/mol. The summed E-state index contributed by atoms with van der Waals surface area (Å²) in [6.07, 6.45) is 1.21. The molecule has 21 heavy (non-hydrogen) atoms. The van der Waals surface area contributed by atoms with E-state index in [9.17, 15) is 4.39 Å². The molecule has 2 atom stereocenters. The van der Waals surface area contributed by atoms with Crippen LogP contribution in [0.2, 0.25) is 0 Å². The Hall–Kier alpha value is -0.850. The topological polar surface area (TPSA) is 36.4 Å². The average molecular weight is 405 g/mol. The van der Waals surface area contributed by atoms with Crippen LogP contribution in [0.4, 0.5) is 4.39 Å². The fraction of sp³-hybridized carbons (Fsp3) is 0.562. The molecule has 0 amide bonds. The first-order chi connectivity index (χ1) is 9.42. The van der Waals surface area contributed by atoms with Crippen LogP contribution >= 0.6 is 24.0 Å². The molecular weight excluding hydrogens is 380 g/mol. The summed E-state index contributed by atoms with van der Waals surface area (Å²) in [5.41, 5.74) is 1.03. The second-order valence-electron chi connectivity index (χ2n) is 6.28. The molecule has 0 aliphatic heterocycles. The Morgan fingerprint density at radius 1 is 1.33 bits per heavy atom. The van der Waals surface area contributed by atoms with E-state index in [4.69, 9.17) is 0 Å². The summed E-state index contributed by atoms with van der Waals surface area (Å²) >= 11 is 0. The van der Waals surface area contributed by atoms with Crippen molar-refractivity contribution in [2.45, 2.75) is 38.6 Å². The normalized spacial score (nSPS) is 21.5. The smallest absolute Gasteiger partial charge is 0.191 e. The van der Waals surface area contributed by atoms with Crippen molar-refractivity contribution in [3.63, 3.8) is 0 Å². The molecule has 1 saturated carbocycles. The predicted molar refractivity (Wildman–Crippen MR) is 96.9 cm³/mol. The molecule has 1 aliphatic carbocycles. The van der Waals surface area contributed by atoms with E-state index < -0.39 is 0 Å². The SMILES string of the molecule is CN=C(NCC(C)(C)c1ccc(F)cc1)NC1CC1C.I. The minimum Gasteiger partial charge on any atom is -0.356 e. The van der Waals surface area contributed by atoms with Crippen molar-refractivity contribution in [2.24, 2.45) is 10.9 Å². The van der Waals surface area contributed by atoms with Crippen LogP contribution in [-0.2, 0) is 5.41 Å². The van der Waals surface area contributed by atoms with Gasteiger partial charge in [-0.25, -0.2) is 4.39 Å². The molecule has 0 saturated heterocycles. The number of aliphatic imine (C=N–C) groups is 1. The second kappa shape index (κ2) is 7.42. The van der Waals surface area contributed by atoms with Gasteiger partial charge in [0.2, 0.25) is 0 Å². The van der Waals surface area contributed by atoms with E-state index in [-0.39, 0.29) is 35.2 Å². The van der Waals surface area contributed by atoms with Crippen LogP contribution in [0.5, 0.6) is 0 Å². The largest absolute Gasteiger partial charge is 0.356 e. The van der Waals surface area contributed by atoms with Crippen LogP contribution in [-0.4, -0.2) is 25.6 Å². The fourth-order valence-corrected chi connectivity index (χ4v) is 2.20. The van der Waals surface area contributed by atoms with Gasteiger partial charge in [-0.05, 0) is 30.0 Å². The van der Waals surface area contributed by atoms with E-state index in [0.29, 0.717) is 6.04 Å². The van der Waals surface area contributed by atoms with Crippen molar-refractivity contribution in [3.8, 4) is 0 Å². The van der Waals surface area contributed by atoms with Crippen molar-refractivity contribution < 1.29 is 4.39 Å². The number of rotatable bonds is 4. The van der Waals surface area contributed by atoms with Crippen LogP contribution in [0.1, 0.15) is 32.8 Å². The van der Waals surface area contributed by atoms with Gasteiger partial charge in [-0.15, -0.1) is 24.0 Å². The van der Waals surface area contributed by atoms with E-state index in [1.54, 1.807) is 7.05 Å². The summed E-state index contributed by atoms with van der Waals surface area (Å²) in [6, 6.07) is 7.26. The highest BCUT2D eigenvalue weighted by Crippen LogP contribution is 2.28. The number of hydrogen-bond acceptors (Lipinski definition) is 1. The molecule has 0 heterocycles. The maximum Gasteiger partial charge on any atom is 0.191 e. The summed E-state index contributed by atoms with van der Waals surface area (Å²) in [5, 5.41) is 6.76. The standard InChI is InChI=1S/C16H24FN3.HI/c1-11-9-14(11)20-15(18-4)19-10-16(2,3)12-5-7-13(17)8-6-12;/h5-8,11,14H,9-10H2,1-4H3,(H2,18,19,20);1H. The molecular formula is C16H25FIN3. The molecule has 5 heteroatoms. The average Bonchev–Trinajstić information content (AvgIpc) is 3.10. The van der Waals surface area contributed by atoms with Gasteiger partial charge in [-0.2, -0.15) is 0 Å². The summed E-state index contributed by atoms with van der Waals surface area (Å²) in [7, 11) is 1.78. The number of hydrogen-bond donors (Lipinski definition) is 2. The van der Waals surface area contributed by atoms with Crippen molar-refractivity contribution in [3.05, 3.63) is 35.6 Å². The van der Waals surface area contributed by atoms with Crippen LogP contribution in [0.25, 0.3) is 0 Å². The Morgan fingerprint density at radius 2 is 1.90 bits per heavy atom. The quantitative estimate of drug-likeness (QED) is 0.458. The zero-order chi connectivity index (χ0) is 14.8. The van der Waals surface area contributed by atoms with Gasteiger partial charge in [0.25, 0.3) is 0 Å². The maximum absolute atomic E-state index is 13.0. The van der Waals surface area contributed by atoms with E-state index in [2.05, 4.69) is 36.4 Å². The molecule has 1 fully saturated rings. The van der Waals surface area contributed by atoms with E-state index in [1.807, 2.05) is 12.1 Å². The van der Waals surface area contributed by atoms with Crippen molar-refractivity contribution >= 4 is 29.9 Å². The maximum atomic E-state index is 13.0. The zero-order valence-electron chi connectivity index (χ0n) is 13.1. The van der Waals surface area contributed by atoms with Crippen molar-refractivity contribution in [1.82, 2.24) is 10.6 Å². The van der Waals surface area contributed by atoms with Crippen LogP contribution in [0, 0.1) is 11.7 Å². The van der Waals surface area contributed by atoms with Gasteiger partial charge < -0.3 is 10.6 Å². The summed E-state index contributed by atoms with van der Waals surface area (Å²) < 4.78 is 13.0. The number of halogens is 2. The van der Waals surface area contributed by atoms with Gasteiger partial charge in [0.05, 0.1) is 0 Å². The second-order valence-corrected chi connectivity index (χ2v) is 6.28. The van der Waals surface area contributed by atoms with Gasteiger partial charge >= 0.3 is 0 Å². The minimum absolute atomic E-state index is 0. The Labute approximate surface area is 143 Å². The molecule has 2 unspecified atom stereocenters. The molecule has 1 aromatic carbocycles. The lowest BCUT2D eigenvalue weighted by Crippen LogP contribution is -2.44. The molecule has 0 spiro atoms. The minimum atomic E-state index is -0.197. The lowest BCUT2D eigenvalue weighted by atomic mass is 9.84. The fourth-order valence-electron chi connectivity index (χ4n) is 2.20. The van der Waals surface area contributed by atoms with Crippen LogP contribution in [0.3, 0.4) is 0 Å². The number of nitrogens with zero attached hydrogens (tertiary/aromatic N) is 1. The number of guanidine groups is 1. The van der Waals surface area contributed by atoms with E-state index in [1.165, 1.54) is 18.6 Å². The summed E-state index contributed by atoms with van der Waals surface area (Å²) in [6.45, 7) is 7.26. The lowest BCUT2D eigenvalue weighted by Gasteiger charge is -2.26. The van der Waals surface area contributed by atoms with E-state index >= 15 is 0 Å². The van der Waals surface area contributed by atoms with Gasteiger partial charge in [0, 0.05) is 25.0 Å². The van der Waals surface area contributed by atoms with Gasteiger partial charge in [0.15, 0.2) is 5.96 Å². The van der Waals surface area contributed by atoms with Crippen molar-refractivity contribution in [1.29, 1.82) is 0 Å². The van der Waals surface area contributed by atoms with Crippen LogP contribution < -0.4 is 10.6 Å². The molecule has 1 aliphatic rings. The molecule has 3 nitrogen and oxygen atoms in total. The van der Waals surface area contributed by atoms with Crippen LogP contribution in [0.15, 0.2) is 29.3 Å². The first-order valence-corrected chi connectivity index (χ1v) is 7.15. The molecule has 0 radical (unpaired) electrons. The number of nitrogens with one attached hydrogen (secondary N) is 2. The van der Waals surface area contributed by atoms with E-state index in [0.717, 1.165) is 24.0 Å². The number of benzene rings is 1. The molecule has 0 aromatic heterocycles. The summed E-state index contributed by atoms with van der Waals surface area (Å²) in [5.74, 6) is 1.38. The Balaban J connectivity index is 0.00000220. The third-order valence-corrected chi connectivity index (χ3v) is 3.98. The Morgan fingerprint density at radius 3 is 2.38 bits per heavy atom. The molecule has 118 valence electrons. The highest BCUT2D eigenvalue weighted by Gasteiger charge is 2.33. The molecule has 0 bridgehead atoms. The third kappa shape index (κ3) is 5.13. The first kappa shape index (κ1) is 18.2. The van der Waals surface area contributed by atoms with Crippen molar-refractivity contribution in [2.75, 3.05) is 13.6 Å². The Bertz CT molecular complexity index is 485. The lowest BCUT2D eigenvalue weighted by molar-refractivity contribution is 0.506. The van der Waals surface area contributed by atoms with Gasteiger partial charge in [-0.3, -0.25) is 4.99 Å². The molecule has 2 rings (SSSR count). The summed E-state index contributed by atoms with van der Waals surface area (Å²) in [4.78, 5) is 4.25. The highest BCUT2D eigenvalue weighted by molar-refractivity contribution is 14.0. The first-order valence-electron chi connectivity index (χ1n) is 7.15. The molecule has 2 N–H and O–H groups in total. The third-order valence-electron chi connectivity index (χ3n) is 3.98. The zero-order valence-corrected chi connectivity index (χ0v) is 15.4. The predicted octanol–water partition coefficient (Wildman–Crippen LogP) is 3.29. The highest BCUT2D eigenvalue weighted by atomic mass is 127. The van der Waals surface area contributed by atoms with Gasteiger partial charge in [0.1, 0.15) is 5.82 Å². The Kier molecular flexibility index (Phi) is 6.43. The van der Waals surface area contributed by atoms with Gasteiger partial charge in [-0.1, -0.05) is 32.9 Å². The molecule has 1 aromatic rings.